The third-order valence-corrected chi connectivity index (χ3v) is 2.60. The summed E-state index contributed by atoms with van der Waals surface area (Å²) in [7, 11) is 0. The Balaban J connectivity index is 2.08. The van der Waals surface area contributed by atoms with Gasteiger partial charge in [0.2, 0.25) is 0 Å². The molecule has 0 saturated carbocycles. The lowest BCUT2D eigenvalue weighted by atomic mass is 10.3. The Bertz CT molecular complexity index is 468. The number of nitrogens with zero attached hydrogens (tertiary/aromatic N) is 1. The Morgan fingerprint density at radius 2 is 1.32 bits per heavy atom. The maximum Gasteiger partial charge on any atom is 0.200 e. The van der Waals surface area contributed by atoms with E-state index in [0.29, 0.717) is 18.4 Å². The predicted octanol–water partition coefficient (Wildman–Crippen LogP) is 3.81. The number of rotatable bonds is 4. The van der Waals surface area contributed by atoms with Crippen molar-refractivity contribution in [2.24, 2.45) is 4.99 Å². The number of aliphatic imine (C=N–C) groups is 1. The lowest BCUT2D eigenvalue weighted by Gasteiger charge is -2.12. The van der Waals surface area contributed by atoms with Gasteiger partial charge in [-0.3, -0.25) is 4.99 Å². The normalized spacial score (nSPS) is 9.74. The summed E-state index contributed by atoms with van der Waals surface area (Å²) >= 11 is 5.69. The molecule has 2 rings (SSSR count). The van der Waals surface area contributed by atoms with Crippen LogP contribution in [0.4, 0.5) is 11.4 Å². The maximum absolute atomic E-state index is 5.69. The van der Waals surface area contributed by atoms with Crippen molar-refractivity contribution < 1.29 is 0 Å². The van der Waals surface area contributed by atoms with Crippen LogP contribution in [0.15, 0.2) is 65.7 Å². The molecular formula is C15H16ClN3. The lowest BCUT2D eigenvalue weighted by molar-refractivity contribution is 1.13. The Labute approximate surface area is 118 Å². The predicted molar refractivity (Wildman–Crippen MR) is 83.2 cm³/mol. The van der Waals surface area contributed by atoms with Crippen LogP contribution in [0.1, 0.15) is 0 Å². The monoisotopic (exact) mass is 273 g/mol. The third-order valence-electron chi connectivity index (χ3n) is 2.43. The summed E-state index contributed by atoms with van der Waals surface area (Å²) in [6.45, 7) is 0.566. The summed E-state index contributed by atoms with van der Waals surface area (Å²) in [5.74, 6) is 1.19. The van der Waals surface area contributed by atoms with E-state index in [4.69, 9.17) is 11.6 Å². The van der Waals surface area contributed by atoms with Crippen molar-refractivity contribution in [3.8, 4) is 0 Å². The molecule has 0 aliphatic rings. The number of hydrogen-bond donors (Lipinski definition) is 2. The molecule has 0 unspecified atom stereocenters. The van der Waals surface area contributed by atoms with Gasteiger partial charge in [-0.2, -0.15) is 0 Å². The first-order valence-electron chi connectivity index (χ1n) is 6.13. The summed E-state index contributed by atoms with van der Waals surface area (Å²) in [4.78, 5) is 4.40. The van der Waals surface area contributed by atoms with Crippen LogP contribution in [-0.4, -0.2) is 18.4 Å². The molecule has 2 aromatic carbocycles. The van der Waals surface area contributed by atoms with Crippen molar-refractivity contribution in [1.82, 2.24) is 0 Å². The summed E-state index contributed by atoms with van der Waals surface area (Å²) in [6, 6.07) is 19.8. The highest BCUT2D eigenvalue weighted by atomic mass is 35.5. The van der Waals surface area contributed by atoms with Gasteiger partial charge in [0, 0.05) is 17.3 Å². The van der Waals surface area contributed by atoms with Gasteiger partial charge in [-0.1, -0.05) is 36.4 Å². The molecule has 2 N–H and O–H groups in total. The maximum atomic E-state index is 5.69. The van der Waals surface area contributed by atoms with Crippen LogP contribution >= 0.6 is 11.6 Å². The molecule has 0 heterocycles. The lowest BCUT2D eigenvalue weighted by Crippen LogP contribution is -2.22. The fraction of sp³-hybridized carbons (Fsp3) is 0.133. The van der Waals surface area contributed by atoms with Gasteiger partial charge in [0.1, 0.15) is 0 Å². The third kappa shape index (κ3) is 4.64. The minimum atomic E-state index is 0.496. The van der Waals surface area contributed by atoms with E-state index < -0.39 is 0 Å². The van der Waals surface area contributed by atoms with Crippen LogP contribution in [0.25, 0.3) is 0 Å². The van der Waals surface area contributed by atoms with E-state index in [0.717, 1.165) is 11.4 Å². The molecule has 0 fully saturated rings. The van der Waals surface area contributed by atoms with Crippen LogP contribution < -0.4 is 10.6 Å². The molecule has 19 heavy (non-hydrogen) atoms. The zero-order valence-electron chi connectivity index (χ0n) is 10.5. The second-order valence-electron chi connectivity index (χ2n) is 3.90. The SMILES string of the molecule is ClCCN=C(Nc1ccccc1)Nc1ccccc1. The van der Waals surface area contributed by atoms with Gasteiger partial charge < -0.3 is 10.6 Å². The summed E-state index contributed by atoms with van der Waals surface area (Å²) < 4.78 is 0. The van der Waals surface area contributed by atoms with Crippen LogP contribution in [0, 0.1) is 0 Å². The molecule has 4 heteroatoms. The Hall–Kier alpha value is -2.00. The Morgan fingerprint density at radius 3 is 1.74 bits per heavy atom. The molecule has 0 aliphatic carbocycles. The Kier molecular flexibility index (Phi) is 5.26. The number of benzene rings is 2. The van der Waals surface area contributed by atoms with Gasteiger partial charge in [-0.05, 0) is 24.3 Å². The van der Waals surface area contributed by atoms with Gasteiger partial charge in [0.05, 0.1) is 6.54 Å². The van der Waals surface area contributed by atoms with E-state index in [1.807, 2.05) is 60.7 Å². The molecule has 0 saturated heterocycles. The molecule has 0 amide bonds. The van der Waals surface area contributed by atoms with Crippen molar-refractivity contribution in [3.63, 3.8) is 0 Å². The molecule has 0 aliphatic heterocycles. The van der Waals surface area contributed by atoms with Gasteiger partial charge in [0.25, 0.3) is 0 Å². The summed E-state index contributed by atoms with van der Waals surface area (Å²) in [5.41, 5.74) is 1.97. The molecule has 0 atom stereocenters. The van der Waals surface area contributed by atoms with Gasteiger partial charge >= 0.3 is 0 Å². The van der Waals surface area contributed by atoms with Crippen molar-refractivity contribution in [2.45, 2.75) is 0 Å². The average molecular weight is 274 g/mol. The van der Waals surface area contributed by atoms with Crippen molar-refractivity contribution >= 4 is 28.9 Å². The first-order valence-corrected chi connectivity index (χ1v) is 6.66. The van der Waals surface area contributed by atoms with Crippen LogP contribution in [0.5, 0.6) is 0 Å². The quantitative estimate of drug-likeness (QED) is 0.505. The average Bonchev–Trinajstić information content (AvgIpc) is 2.47. The molecule has 0 aromatic heterocycles. The summed E-state index contributed by atoms with van der Waals surface area (Å²) in [5, 5.41) is 6.49. The zero-order chi connectivity index (χ0) is 13.3. The standard InChI is InChI=1S/C15H16ClN3/c16-11-12-17-15(18-13-7-3-1-4-8-13)19-14-9-5-2-6-10-14/h1-10H,11-12H2,(H2,17,18,19). The molecule has 0 bridgehead atoms. The van der Waals surface area contributed by atoms with Crippen LogP contribution in [-0.2, 0) is 0 Å². The summed E-state index contributed by atoms with van der Waals surface area (Å²) in [6.07, 6.45) is 0. The molecule has 98 valence electrons. The van der Waals surface area contributed by atoms with Gasteiger partial charge in [-0.15, -0.1) is 11.6 Å². The largest absolute Gasteiger partial charge is 0.326 e. The smallest absolute Gasteiger partial charge is 0.200 e. The van der Waals surface area contributed by atoms with E-state index in [1.165, 1.54) is 0 Å². The second-order valence-corrected chi connectivity index (χ2v) is 4.28. The van der Waals surface area contributed by atoms with Crippen molar-refractivity contribution in [2.75, 3.05) is 23.1 Å². The number of hydrogen-bond acceptors (Lipinski definition) is 1. The van der Waals surface area contributed by atoms with Crippen molar-refractivity contribution in [3.05, 3.63) is 60.7 Å². The number of alkyl halides is 1. The fourth-order valence-electron chi connectivity index (χ4n) is 1.58. The van der Waals surface area contributed by atoms with E-state index in [2.05, 4.69) is 15.6 Å². The minimum Gasteiger partial charge on any atom is -0.326 e. The molecular weight excluding hydrogens is 258 g/mol. The van der Waals surface area contributed by atoms with Crippen LogP contribution in [0.2, 0.25) is 0 Å². The zero-order valence-corrected chi connectivity index (χ0v) is 11.3. The number of halogens is 1. The van der Waals surface area contributed by atoms with Gasteiger partial charge in [0.15, 0.2) is 5.96 Å². The molecule has 0 radical (unpaired) electrons. The first kappa shape index (κ1) is 13.4. The van der Waals surface area contributed by atoms with Gasteiger partial charge in [-0.25, -0.2) is 0 Å². The molecule has 3 nitrogen and oxygen atoms in total. The Morgan fingerprint density at radius 1 is 0.842 bits per heavy atom. The minimum absolute atomic E-state index is 0.496. The van der Waals surface area contributed by atoms with E-state index in [1.54, 1.807) is 0 Å². The number of guanidine groups is 1. The number of para-hydroxylation sites is 2. The molecule has 2 aromatic rings. The van der Waals surface area contributed by atoms with Crippen molar-refractivity contribution in [1.29, 1.82) is 0 Å². The van der Waals surface area contributed by atoms with Crippen LogP contribution in [0.3, 0.4) is 0 Å². The first-order chi connectivity index (χ1) is 9.38. The highest BCUT2D eigenvalue weighted by molar-refractivity contribution is 6.18. The van der Waals surface area contributed by atoms with E-state index >= 15 is 0 Å². The van der Waals surface area contributed by atoms with E-state index in [-0.39, 0.29) is 0 Å². The topological polar surface area (TPSA) is 36.4 Å². The number of nitrogens with one attached hydrogen (secondary N) is 2. The highest BCUT2D eigenvalue weighted by Crippen LogP contribution is 2.09. The highest BCUT2D eigenvalue weighted by Gasteiger charge is 2.00. The number of anilines is 2. The molecule has 0 spiro atoms. The fourth-order valence-corrected chi connectivity index (χ4v) is 1.67. The second kappa shape index (κ2) is 7.44. The van der Waals surface area contributed by atoms with E-state index in [9.17, 15) is 0 Å².